The van der Waals surface area contributed by atoms with E-state index >= 15 is 0 Å². The summed E-state index contributed by atoms with van der Waals surface area (Å²) in [5, 5.41) is 9.01. The SMILES string of the molecule is Cc1cn(C2=CCC3C4CC=C5C[C@@H](NS(=O)(=O)c6ccc(C#N)cc6)CC[C@]5(C)C4CC[C@]23C)cn1. The normalized spacial score (nSPS) is 35.0. The maximum atomic E-state index is 13.1. The number of hydrogen-bond acceptors (Lipinski definition) is 4. The lowest BCUT2D eigenvalue weighted by molar-refractivity contribution is -0.0132. The first-order chi connectivity index (χ1) is 17.6. The number of imidazole rings is 1. The highest BCUT2D eigenvalue weighted by atomic mass is 32.2. The van der Waals surface area contributed by atoms with Crippen molar-refractivity contribution < 1.29 is 8.42 Å². The van der Waals surface area contributed by atoms with Gasteiger partial charge in [0.2, 0.25) is 10.0 Å². The van der Waals surface area contributed by atoms with E-state index < -0.39 is 10.0 Å². The number of nitrogens with one attached hydrogen (secondary N) is 1. The first kappa shape index (κ1) is 24.6. The Morgan fingerprint density at radius 2 is 1.81 bits per heavy atom. The quantitative estimate of drug-likeness (QED) is 0.519. The average molecular weight is 517 g/mol. The monoisotopic (exact) mass is 516 g/mol. The van der Waals surface area contributed by atoms with Crippen molar-refractivity contribution in [2.75, 3.05) is 0 Å². The second-order valence-corrected chi connectivity index (χ2v) is 13.9. The molecule has 0 spiro atoms. The Morgan fingerprint density at radius 1 is 1.05 bits per heavy atom. The van der Waals surface area contributed by atoms with Gasteiger partial charge in [-0.25, -0.2) is 18.1 Å². The molecule has 6 rings (SSSR count). The zero-order valence-corrected chi connectivity index (χ0v) is 22.8. The molecule has 2 aromatic rings. The van der Waals surface area contributed by atoms with Crippen LogP contribution in [0.1, 0.15) is 70.1 Å². The fraction of sp³-hybridized carbons (Fsp3) is 0.533. The number of sulfonamides is 1. The van der Waals surface area contributed by atoms with Crippen LogP contribution >= 0.6 is 0 Å². The molecular formula is C30H36N4O2S. The van der Waals surface area contributed by atoms with E-state index in [0.717, 1.165) is 37.8 Å². The van der Waals surface area contributed by atoms with Crippen LogP contribution < -0.4 is 4.72 Å². The number of rotatable bonds is 4. The van der Waals surface area contributed by atoms with Gasteiger partial charge in [0.1, 0.15) is 0 Å². The number of hydrogen-bond donors (Lipinski definition) is 1. The summed E-state index contributed by atoms with van der Waals surface area (Å²) in [6.45, 7) is 6.97. The predicted octanol–water partition coefficient (Wildman–Crippen LogP) is 5.82. The van der Waals surface area contributed by atoms with E-state index in [-0.39, 0.29) is 21.8 Å². The summed E-state index contributed by atoms with van der Waals surface area (Å²) in [4.78, 5) is 4.71. The Kier molecular flexibility index (Phi) is 5.78. The summed E-state index contributed by atoms with van der Waals surface area (Å²) in [6.07, 6.45) is 16.4. The molecule has 194 valence electrons. The molecule has 3 unspecified atom stereocenters. The lowest BCUT2D eigenvalue weighted by Gasteiger charge is -2.58. The van der Waals surface area contributed by atoms with Crippen LogP contribution in [0.25, 0.3) is 5.70 Å². The number of nitrogens with zero attached hydrogens (tertiary/aromatic N) is 3. The number of aromatic nitrogens is 2. The molecule has 4 aliphatic rings. The lowest BCUT2D eigenvalue weighted by atomic mass is 9.47. The topological polar surface area (TPSA) is 87.8 Å². The molecule has 1 aromatic heterocycles. The molecule has 7 heteroatoms. The van der Waals surface area contributed by atoms with Crippen LogP contribution in [0.15, 0.2) is 59.4 Å². The first-order valence-corrected chi connectivity index (χ1v) is 15.1. The van der Waals surface area contributed by atoms with E-state index in [0.29, 0.717) is 23.3 Å². The third-order valence-corrected chi connectivity index (χ3v) is 11.8. The Labute approximate surface area is 220 Å². The third-order valence-electron chi connectivity index (χ3n) is 10.2. The van der Waals surface area contributed by atoms with Crippen molar-refractivity contribution in [3.63, 3.8) is 0 Å². The molecule has 0 radical (unpaired) electrons. The number of fused-ring (bicyclic) bond motifs is 5. The molecular weight excluding hydrogens is 480 g/mol. The first-order valence-electron chi connectivity index (χ1n) is 13.6. The minimum absolute atomic E-state index is 0.0883. The van der Waals surface area contributed by atoms with E-state index in [1.807, 2.05) is 12.4 Å². The van der Waals surface area contributed by atoms with E-state index in [2.05, 4.69) is 53.4 Å². The Hall–Kier alpha value is -2.69. The number of aryl methyl sites for hydroxylation is 1. The number of benzene rings is 1. The highest BCUT2D eigenvalue weighted by molar-refractivity contribution is 7.89. The molecule has 1 aromatic carbocycles. The maximum Gasteiger partial charge on any atom is 0.240 e. The lowest BCUT2D eigenvalue weighted by Crippen LogP contribution is -2.51. The highest BCUT2D eigenvalue weighted by Gasteiger charge is 2.57. The van der Waals surface area contributed by atoms with Crippen LogP contribution in [-0.4, -0.2) is 24.0 Å². The summed E-state index contributed by atoms with van der Waals surface area (Å²) in [6, 6.07) is 8.11. The van der Waals surface area contributed by atoms with E-state index in [4.69, 9.17) is 5.26 Å². The molecule has 2 fully saturated rings. The smallest absolute Gasteiger partial charge is 0.240 e. The zero-order chi connectivity index (χ0) is 26.0. The van der Waals surface area contributed by atoms with E-state index in [1.54, 1.807) is 12.1 Å². The average Bonchev–Trinajstić information content (AvgIpc) is 3.46. The van der Waals surface area contributed by atoms with Gasteiger partial charge in [-0.15, -0.1) is 0 Å². The molecule has 0 amide bonds. The van der Waals surface area contributed by atoms with Gasteiger partial charge in [0.05, 0.1) is 28.5 Å². The molecule has 1 N–H and O–H groups in total. The van der Waals surface area contributed by atoms with Crippen molar-refractivity contribution in [1.82, 2.24) is 14.3 Å². The van der Waals surface area contributed by atoms with Crippen LogP contribution in [0, 0.1) is 46.8 Å². The molecule has 2 saturated carbocycles. The van der Waals surface area contributed by atoms with Gasteiger partial charge in [-0.3, -0.25) is 0 Å². The van der Waals surface area contributed by atoms with Crippen molar-refractivity contribution in [3.8, 4) is 6.07 Å². The van der Waals surface area contributed by atoms with Crippen LogP contribution in [0.5, 0.6) is 0 Å². The van der Waals surface area contributed by atoms with Gasteiger partial charge in [0.15, 0.2) is 0 Å². The van der Waals surface area contributed by atoms with Crippen molar-refractivity contribution in [2.24, 2.45) is 28.6 Å². The number of nitriles is 1. The Morgan fingerprint density at radius 3 is 2.51 bits per heavy atom. The third kappa shape index (κ3) is 3.92. The summed E-state index contributed by atoms with van der Waals surface area (Å²) in [7, 11) is -3.62. The molecule has 6 atom stereocenters. The predicted molar refractivity (Wildman–Crippen MR) is 144 cm³/mol. The van der Waals surface area contributed by atoms with Gasteiger partial charge in [0, 0.05) is 23.4 Å². The molecule has 37 heavy (non-hydrogen) atoms. The van der Waals surface area contributed by atoms with Gasteiger partial charge >= 0.3 is 0 Å². The minimum atomic E-state index is -3.62. The van der Waals surface area contributed by atoms with Crippen molar-refractivity contribution in [1.29, 1.82) is 5.26 Å². The van der Waals surface area contributed by atoms with E-state index in [1.165, 1.54) is 36.2 Å². The second kappa shape index (κ2) is 8.68. The minimum Gasteiger partial charge on any atom is -0.310 e. The fourth-order valence-corrected chi connectivity index (χ4v) is 9.53. The van der Waals surface area contributed by atoms with Gasteiger partial charge in [0.25, 0.3) is 0 Å². The summed E-state index contributed by atoms with van der Waals surface area (Å²) in [5.41, 5.74) is 4.73. The number of allylic oxidation sites excluding steroid dienone is 3. The van der Waals surface area contributed by atoms with Crippen LogP contribution in [0.2, 0.25) is 0 Å². The summed E-state index contributed by atoms with van der Waals surface area (Å²) < 4.78 is 31.3. The van der Waals surface area contributed by atoms with Crippen molar-refractivity contribution >= 4 is 15.7 Å². The molecule has 1 heterocycles. The molecule has 4 aliphatic carbocycles. The second-order valence-electron chi connectivity index (χ2n) is 12.2. The van der Waals surface area contributed by atoms with Crippen LogP contribution in [0.4, 0.5) is 0 Å². The van der Waals surface area contributed by atoms with Crippen molar-refractivity contribution in [2.45, 2.75) is 76.7 Å². The van der Waals surface area contributed by atoms with Gasteiger partial charge in [-0.2, -0.15) is 5.26 Å². The van der Waals surface area contributed by atoms with E-state index in [9.17, 15) is 8.42 Å². The maximum absolute atomic E-state index is 13.1. The fourth-order valence-electron chi connectivity index (χ4n) is 8.26. The van der Waals surface area contributed by atoms with Crippen LogP contribution in [0.3, 0.4) is 0 Å². The Balaban J connectivity index is 1.19. The summed E-state index contributed by atoms with van der Waals surface area (Å²) in [5.74, 6) is 1.96. The molecule has 0 aliphatic heterocycles. The summed E-state index contributed by atoms with van der Waals surface area (Å²) >= 11 is 0. The molecule has 6 nitrogen and oxygen atoms in total. The van der Waals surface area contributed by atoms with Crippen LogP contribution in [-0.2, 0) is 10.0 Å². The largest absolute Gasteiger partial charge is 0.310 e. The van der Waals surface area contributed by atoms with Crippen molar-refractivity contribution in [3.05, 3.63) is 65.8 Å². The highest BCUT2D eigenvalue weighted by Crippen LogP contribution is 2.65. The standard InChI is InChI=1S/C30H36N4O2S/c1-20-18-34(19-32-20)28-11-10-26-25-9-6-22-16-23(12-14-29(22,2)27(25)13-15-30(26,28)3)33-37(35,36)24-7-4-21(17-31)5-8-24/h4-8,11,18-19,23,25-27,33H,9-10,12-16H2,1-3H3/t23-,25?,26?,27?,29-,30-/m0/s1. The zero-order valence-electron chi connectivity index (χ0n) is 21.9. The van der Waals surface area contributed by atoms with Gasteiger partial charge < -0.3 is 4.57 Å². The Bertz CT molecular complexity index is 1430. The van der Waals surface area contributed by atoms with Gasteiger partial charge in [-0.05, 0) is 99.3 Å². The molecule has 0 bridgehead atoms. The molecule has 0 saturated heterocycles. The van der Waals surface area contributed by atoms with Gasteiger partial charge in [-0.1, -0.05) is 31.6 Å².